The highest BCUT2D eigenvalue weighted by molar-refractivity contribution is 5.94. The molecule has 2 aromatic carbocycles. The van der Waals surface area contributed by atoms with Gasteiger partial charge < -0.3 is 15.4 Å². The highest BCUT2D eigenvalue weighted by atomic mass is 16.5. The minimum Gasteiger partial charge on any atom is -0.484 e. The van der Waals surface area contributed by atoms with Gasteiger partial charge in [0.2, 0.25) is 5.91 Å². The number of nitrogens with one attached hydrogen (secondary N) is 2. The molecule has 3 rings (SSSR count). The van der Waals surface area contributed by atoms with Crippen molar-refractivity contribution < 1.29 is 19.1 Å². The normalized spacial score (nSPS) is 12.9. The Labute approximate surface area is 157 Å². The number of carbonyl (C=O) groups excluding carboxylic acids is 3. The molecule has 0 bridgehead atoms. The van der Waals surface area contributed by atoms with Gasteiger partial charge in [-0.25, -0.2) is 0 Å². The zero-order valence-electron chi connectivity index (χ0n) is 15.2. The maximum Gasteiger partial charge on any atom is 0.258 e. The average Bonchev–Trinajstić information content (AvgIpc) is 3.50. The molecule has 2 amide bonds. The highest BCUT2D eigenvalue weighted by Crippen LogP contribution is 2.30. The number of ketones is 1. The summed E-state index contributed by atoms with van der Waals surface area (Å²) in [6, 6.07) is 14.1. The maximum absolute atomic E-state index is 12.0. The Bertz CT molecular complexity index is 859. The monoisotopic (exact) mass is 366 g/mol. The lowest BCUT2D eigenvalue weighted by Crippen LogP contribution is -2.28. The van der Waals surface area contributed by atoms with Crippen LogP contribution in [0, 0.1) is 5.92 Å². The van der Waals surface area contributed by atoms with Gasteiger partial charge in [0.1, 0.15) is 5.75 Å². The molecular weight excluding hydrogens is 344 g/mol. The SMILES string of the molecule is CC(=O)c1cccc(OCC(=O)NCc2cccc(NC(=O)C3CC3)c2)c1. The van der Waals surface area contributed by atoms with Crippen molar-refractivity contribution in [2.75, 3.05) is 11.9 Å². The van der Waals surface area contributed by atoms with Crippen LogP contribution in [0.2, 0.25) is 0 Å². The number of hydrogen-bond donors (Lipinski definition) is 2. The predicted octanol–water partition coefficient (Wildman–Crippen LogP) is 2.93. The van der Waals surface area contributed by atoms with Crippen molar-refractivity contribution in [2.45, 2.75) is 26.3 Å². The molecule has 0 radical (unpaired) electrons. The first kappa shape index (κ1) is 18.6. The zero-order chi connectivity index (χ0) is 19.2. The molecule has 27 heavy (non-hydrogen) atoms. The second-order valence-electron chi connectivity index (χ2n) is 6.61. The van der Waals surface area contributed by atoms with E-state index in [1.165, 1.54) is 6.92 Å². The van der Waals surface area contributed by atoms with E-state index in [9.17, 15) is 14.4 Å². The number of Topliss-reactive ketones (excluding diaryl/α,β-unsaturated/α-hetero) is 1. The quantitative estimate of drug-likeness (QED) is 0.704. The van der Waals surface area contributed by atoms with Crippen molar-refractivity contribution in [3.8, 4) is 5.75 Å². The van der Waals surface area contributed by atoms with Crippen LogP contribution >= 0.6 is 0 Å². The summed E-state index contributed by atoms with van der Waals surface area (Å²) >= 11 is 0. The summed E-state index contributed by atoms with van der Waals surface area (Å²) in [5, 5.41) is 5.67. The van der Waals surface area contributed by atoms with Crippen LogP contribution in [0.3, 0.4) is 0 Å². The van der Waals surface area contributed by atoms with E-state index in [-0.39, 0.29) is 30.1 Å². The summed E-state index contributed by atoms with van der Waals surface area (Å²) in [6.45, 7) is 1.68. The summed E-state index contributed by atoms with van der Waals surface area (Å²) in [6.07, 6.45) is 1.91. The minimum absolute atomic E-state index is 0.0531. The summed E-state index contributed by atoms with van der Waals surface area (Å²) in [5.74, 6) is 0.348. The Morgan fingerprint density at radius 3 is 2.59 bits per heavy atom. The fourth-order valence-corrected chi connectivity index (χ4v) is 2.55. The van der Waals surface area contributed by atoms with E-state index in [1.807, 2.05) is 24.3 Å². The van der Waals surface area contributed by atoms with Crippen LogP contribution in [0.25, 0.3) is 0 Å². The van der Waals surface area contributed by atoms with Crippen LogP contribution in [0.1, 0.15) is 35.7 Å². The number of carbonyl (C=O) groups is 3. The third kappa shape index (κ3) is 5.67. The van der Waals surface area contributed by atoms with Crippen molar-refractivity contribution >= 4 is 23.3 Å². The van der Waals surface area contributed by atoms with Crippen molar-refractivity contribution in [1.29, 1.82) is 0 Å². The molecule has 0 saturated heterocycles. The molecule has 6 heteroatoms. The van der Waals surface area contributed by atoms with Crippen LogP contribution in [0.15, 0.2) is 48.5 Å². The largest absolute Gasteiger partial charge is 0.484 e. The van der Waals surface area contributed by atoms with Crippen molar-refractivity contribution in [3.05, 3.63) is 59.7 Å². The first-order valence-electron chi connectivity index (χ1n) is 8.91. The van der Waals surface area contributed by atoms with E-state index in [4.69, 9.17) is 4.74 Å². The summed E-state index contributed by atoms with van der Waals surface area (Å²) < 4.78 is 5.44. The van der Waals surface area contributed by atoms with Gasteiger partial charge in [-0.1, -0.05) is 24.3 Å². The maximum atomic E-state index is 12.0. The Hall–Kier alpha value is -3.15. The van der Waals surface area contributed by atoms with Crippen molar-refractivity contribution in [1.82, 2.24) is 5.32 Å². The molecule has 1 fully saturated rings. The highest BCUT2D eigenvalue weighted by Gasteiger charge is 2.29. The molecular formula is C21H22N2O4. The number of amides is 2. The van der Waals surface area contributed by atoms with E-state index in [1.54, 1.807) is 24.3 Å². The lowest BCUT2D eigenvalue weighted by Gasteiger charge is -2.10. The van der Waals surface area contributed by atoms with E-state index in [2.05, 4.69) is 10.6 Å². The Morgan fingerprint density at radius 1 is 1.07 bits per heavy atom. The lowest BCUT2D eigenvalue weighted by atomic mass is 10.1. The van der Waals surface area contributed by atoms with Crippen LogP contribution in [-0.4, -0.2) is 24.2 Å². The molecule has 0 spiro atoms. The molecule has 0 atom stereocenters. The number of rotatable bonds is 8. The molecule has 0 unspecified atom stereocenters. The van der Waals surface area contributed by atoms with E-state index in [0.29, 0.717) is 17.9 Å². The summed E-state index contributed by atoms with van der Waals surface area (Å²) in [7, 11) is 0. The molecule has 0 aliphatic heterocycles. The summed E-state index contributed by atoms with van der Waals surface area (Å²) in [5.41, 5.74) is 2.16. The van der Waals surface area contributed by atoms with Gasteiger partial charge in [-0.05, 0) is 49.6 Å². The Balaban J connectivity index is 1.46. The number of anilines is 1. The molecule has 6 nitrogen and oxygen atoms in total. The molecule has 2 N–H and O–H groups in total. The molecule has 1 aliphatic rings. The van der Waals surface area contributed by atoms with Crippen LogP contribution in [0.4, 0.5) is 5.69 Å². The smallest absolute Gasteiger partial charge is 0.258 e. The molecule has 1 aliphatic carbocycles. The molecule has 0 heterocycles. The number of benzene rings is 2. The van der Waals surface area contributed by atoms with E-state index in [0.717, 1.165) is 24.1 Å². The van der Waals surface area contributed by atoms with Gasteiger partial charge in [0, 0.05) is 23.7 Å². The standard InChI is InChI=1S/C21H22N2O4/c1-14(24)17-5-3-7-19(11-17)27-13-20(25)22-12-15-4-2-6-18(10-15)23-21(26)16-8-9-16/h2-7,10-11,16H,8-9,12-13H2,1H3,(H,22,25)(H,23,26). The van der Waals surface area contributed by atoms with Gasteiger partial charge in [0.25, 0.3) is 5.91 Å². The van der Waals surface area contributed by atoms with E-state index >= 15 is 0 Å². The minimum atomic E-state index is -0.268. The first-order valence-corrected chi connectivity index (χ1v) is 8.91. The first-order chi connectivity index (χ1) is 13.0. The molecule has 2 aromatic rings. The van der Waals surface area contributed by atoms with Gasteiger partial charge in [0.05, 0.1) is 0 Å². The Kier molecular flexibility index (Phi) is 5.86. The van der Waals surface area contributed by atoms with Crippen molar-refractivity contribution in [2.24, 2.45) is 5.92 Å². The lowest BCUT2D eigenvalue weighted by molar-refractivity contribution is -0.123. The van der Waals surface area contributed by atoms with Crippen LogP contribution < -0.4 is 15.4 Å². The predicted molar refractivity (Wildman–Crippen MR) is 102 cm³/mol. The van der Waals surface area contributed by atoms with Gasteiger partial charge in [-0.3, -0.25) is 14.4 Å². The Morgan fingerprint density at radius 2 is 1.85 bits per heavy atom. The second kappa shape index (κ2) is 8.49. The number of ether oxygens (including phenoxy) is 1. The molecule has 0 aromatic heterocycles. The topological polar surface area (TPSA) is 84.5 Å². The van der Waals surface area contributed by atoms with Crippen LogP contribution in [0.5, 0.6) is 5.75 Å². The summed E-state index contributed by atoms with van der Waals surface area (Å²) in [4.78, 5) is 35.2. The molecule has 1 saturated carbocycles. The van der Waals surface area contributed by atoms with Gasteiger partial charge in [0.15, 0.2) is 12.4 Å². The van der Waals surface area contributed by atoms with Crippen LogP contribution in [-0.2, 0) is 16.1 Å². The van der Waals surface area contributed by atoms with Gasteiger partial charge in [-0.2, -0.15) is 0 Å². The fourth-order valence-electron chi connectivity index (χ4n) is 2.55. The third-order valence-corrected chi connectivity index (χ3v) is 4.24. The fraction of sp³-hybridized carbons (Fsp3) is 0.286. The second-order valence-corrected chi connectivity index (χ2v) is 6.61. The average molecular weight is 366 g/mol. The van der Waals surface area contributed by atoms with Crippen molar-refractivity contribution in [3.63, 3.8) is 0 Å². The van der Waals surface area contributed by atoms with Gasteiger partial charge >= 0.3 is 0 Å². The van der Waals surface area contributed by atoms with E-state index < -0.39 is 0 Å². The third-order valence-electron chi connectivity index (χ3n) is 4.24. The van der Waals surface area contributed by atoms with Gasteiger partial charge in [-0.15, -0.1) is 0 Å². The zero-order valence-corrected chi connectivity index (χ0v) is 15.2. The number of hydrogen-bond acceptors (Lipinski definition) is 4. The molecule has 140 valence electrons.